The molecule has 7 nitrogen and oxygen atoms in total. The van der Waals surface area contributed by atoms with Gasteiger partial charge < -0.3 is 19.9 Å². The third kappa shape index (κ3) is 5.34. The Bertz CT molecular complexity index is 722. The van der Waals surface area contributed by atoms with Gasteiger partial charge in [0.25, 0.3) is 0 Å². The van der Waals surface area contributed by atoms with Gasteiger partial charge in [0.15, 0.2) is 11.8 Å². The van der Waals surface area contributed by atoms with E-state index in [-0.39, 0.29) is 0 Å². The molecular weight excluding hydrogens is 316 g/mol. The van der Waals surface area contributed by atoms with E-state index in [1.165, 1.54) is 0 Å². The van der Waals surface area contributed by atoms with E-state index in [0.29, 0.717) is 19.7 Å². The van der Waals surface area contributed by atoms with Gasteiger partial charge in [0.2, 0.25) is 0 Å². The lowest BCUT2D eigenvalue weighted by molar-refractivity contribution is 0.359. The van der Waals surface area contributed by atoms with Gasteiger partial charge in [0.05, 0.1) is 13.1 Å². The van der Waals surface area contributed by atoms with Gasteiger partial charge in [-0.05, 0) is 19.9 Å². The fourth-order valence-corrected chi connectivity index (χ4v) is 2.20. The van der Waals surface area contributed by atoms with E-state index in [1.54, 1.807) is 6.08 Å². The van der Waals surface area contributed by atoms with Crippen LogP contribution in [-0.2, 0) is 20.1 Å². The lowest BCUT2D eigenvalue weighted by Crippen LogP contribution is -2.37. The van der Waals surface area contributed by atoms with Crippen LogP contribution in [0.1, 0.15) is 24.1 Å². The maximum Gasteiger partial charge on any atom is 0.191 e. The van der Waals surface area contributed by atoms with Crippen molar-refractivity contribution in [1.82, 2.24) is 25.4 Å². The van der Waals surface area contributed by atoms with Crippen molar-refractivity contribution in [3.05, 3.63) is 54.1 Å². The van der Waals surface area contributed by atoms with Gasteiger partial charge in [0, 0.05) is 19.2 Å². The summed E-state index contributed by atoms with van der Waals surface area (Å²) in [5, 5.41) is 14.7. The number of rotatable bonds is 8. The van der Waals surface area contributed by atoms with Crippen LogP contribution in [0.2, 0.25) is 0 Å². The Morgan fingerprint density at radius 3 is 2.80 bits per heavy atom. The summed E-state index contributed by atoms with van der Waals surface area (Å²) >= 11 is 0. The van der Waals surface area contributed by atoms with Crippen molar-refractivity contribution in [2.75, 3.05) is 13.2 Å². The second-order valence-corrected chi connectivity index (χ2v) is 5.48. The molecule has 1 aromatic carbocycles. The molecule has 2 rings (SSSR count). The molecule has 0 unspecified atom stereocenters. The van der Waals surface area contributed by atoms with Crippen LogP contribution in [0, 0.1) is 6.92 Å². The molecule has 2 N–H and O–H groups in total. The highest BCUT2D eigenvalue weighted by Gasteiger charge is 2.07. The van der Waals surface area contributed by atoms with Gasteiger partial charge in [-0.15, -0.1) is 10.2 Å². The second-order valence-electron chi connectivity index (χ2n) is 5.48. The number of aryl methyl sites for hydroxylation is 1. The Kier molecular flexibility index (Phi) is 7.00. The van der Waals surface area contributed by atoms with E-state index in [1.807, 2.05) is 49.7 Å². The zero-order valence-electron chi connectivity index (χ0n) is 15.1. The van der Waals surface area contributed by atoms with E-state index in [4.69, 9.17) is 4.74 Å². The van der Waals surface area contributed by atoms with Crippen molar-refractivity contribution in [3.8, 4) is 5.75 Å². The number of ether oxygens (including phenoxy) is 1. The molecule has 7 heteroatoms. The highest BCUT2D eigenvalue weighted by Crippen LogP contribution is 2.18. The molecule has 0 saturated heterocycles. The quantitative estimate of drug-likeness (QED) is 0.436. The van der Waals surface area contributed by atoms with E-state index < -0.39 is 0 Å². The number of nitrogens with zero attached hydrogens (tertiary/aromatic N) is 4. The maximum absolute atomic E-state index is 5.68. The number of aromatic nitrogens is 3. The van der Waals surface area contributed by atoms with E-state index in [2.05, 4.69) is 32.4 Å². The number of nitrogens with one attached hydrogen (secondary N) is 2. The van der Waals surface area contributed by atoms with Crippen LogP contribution >= 0.6 is 0 Å². The molecule has 0 aliphatic rings. The maximum atomic E-state index is 5.68. The van der Waals surface area contributed by atoms with Crippen LogP contribution in [0.5, 0.6) is 5.75 Å². The molecule has 0 fully saturated rings. The fraction of sp³-hybridized carbons (Fsp3) is 0.389. The highest BCUT2D eigenvalue weighted by molar-refractivity contribution is 5.79. The van der Waals surface area contributed by atoms with Gasteiger partial charge in [-0.25, -0.2) is 4.99 Å². The summed E-state index contributed by atoms with van der Waals surface area (Å²) in [6.45, 7) is 9.96. The van der Waals surface area contributed by atoms with Gasteiger partial charge in [-0.1, -0.05) is 30.9 Å². The van der Waals surface area contributed by atoms with Gasteiger partial charge in [-0.2, -0.15) is 0 Å². The van der Waals surface area contributed by atoms with Crippen LogP contribution in [0.4, 0.5) is 0 Å². The summed E-state index contributed by atoms with van der Waals surface area (Å²) in [5.41, 5.74) is 1.02. The van der Waals surface area contributed by atoms with Gasteiger partial charge in [0.1, 0.15) is 18.2 Å². The number of para-hydroxylation sites is 1. The topological polar surface area (TPSA) is 76.4 Å². The first-order chi connectivity index (χ1) is 12.2. The lowest BCUT2D eigenvalue weighted by atomic mass is 10.2. The fourth-order valence-electron chi connectivity index (χ4n) is 2.20. The molecule has 0 radical (unpaired) electrons. The average Bonchev–Trinajstić information content (AvgIpc) is 2.95. The minimum atomic E-state index is 0.477. The van der Waals surface area contributed by atoms with Crippen LogP contribution in [-0.4, -0.2) is 33.9 Å². The Balaban J connectivity index is 2.04. The molecule has 1 aromatic heterocycles. The third-order valence-electron chi connectivity index (χ3n) is 3.68. The third-order valence-corrected chi connectivity index (χ3v) is 3.68. The molecular formula is C18H26N6O. The minimum Gasteiger partial charge on any atom is -0.489 e. The van der Waals surface area contributed by atoms with Crippen molar-refractivity contribution >= 4 is 5.96 Å². The number of hydrogen-bond acceptors (Lipinski definition) is 4. The molecule has 0 aliphatic heterocycles. The molecule has 0 saturated carbocycles. The summed E-state index contributed by atoms with van der Waals surface area (Å²) < 4.78 is 7.63. The van der Waals surface area contributed by atoms with Crippen LogP contribution in [0.15, 0.2) is 41.9 Å². The zero-order chi connectivity index (χ0) is 18.1. The van der Waals surface area contributed by atoms with Crippen molar-refractivity contribution in [1.29, 1.82) is 0 Å². The first kappa shape index (κ1) is 18.5. The predicted octanol–water partition coefficient (Wildman–Crippen LogP) is 1.94. The monoisotopic (exact) mass is 342 g/mol. The van der Waals surface area contributed by atoms with Gasteiger partial charge >= 0.3 is 0 Å². The SMILES string of the molecule is C=CCOc1ccccc1CN=C(NCC)NCc1nnc(C)n1C. The summed E-state index contributed by atoms with van der Waals surface area (Å²) in [4.78, 5) is 4.64. The Hall–Kier alpha value is -2.83. The van der Waals surface area contributed by atoms with Crippen LogP contribution in [0.3, 0.4) is 0 Å². The largest absolute Gasteiger partial charge is 0.489 e. The standard InChI is InChI=1S/C18H26N6O/c1-5-11-25-16-10-8-7-9-15(16)12-20-18(19-6-2)21-13-17-23-22-14(3)24(17)4/h5,7-10H,1,6,11-13H2,2-4H3,(H2,19,20,21). The van der Waals surface area contributed by atoms with E-state index >= 15 is 0 Å². The van der Waals surface area contributed by atoms with Crippen molar-refractivity contribution in [3.63, 3.8) is 0 Å². The van der Waals surface area contributed by atoms with E-state index in [9.17, 15) is 0 Å². The van der Waals surface area contributed by atoms with E-state index in [0.717, 1.165) is 35.5 Å². The first-order valence-electron chi connectivity index (χ1n) is 8.34. The zero-order valence-corrected chi connectivity index (χ0v) is 15.1. The number of benzene rings is 1. The molecule has 25 heavy (non-hydrogen) atoms. The molecule has 1 heterocycles. The summed E-state index contributed by atoms with van der Waals surface area (Å²) in [6.07, 6.45) is 1.73. The lowest BCUT2D eigenvalue weighted by Gasteiger charge is -2.12. The molecule has 2 aromatic rings. The molecule has 0 bridgehead atoms. The molecule has 0 amide bonds. The molecule has 0 aliphatic carbocycles. The Morgan fingerprint density at radius 1 is 1.32 bits per heavy atom. The smallest absolute Gasteiger partial charge is 0.191 e. The number of guanidine groups is 1. The van der Waals surface area contributed by atoms with Crippen molar-refractivity contribution < 1.29 is 4.74 Å². The van der Waals surface area contributed by atoms with Crippen LogP contribution < -0.4 is 15.4 Å². The second kappa shape index (κ2) is 9.46. The minimum absolute atomic E-state index is 0.477. The first-order valence-corrected chi connectivity index (χ1v) is 8.34. The van der Waals surface area contributed by atoms with Crippen molar-refractivity contribution in [2.24, 2.45) is 12.0 Å². The van der Waals surface area contributed by atoms with Crippen molar-refractivity contribution in [2.45, 2.75) is 26.9 Å². The Labute approximate surface area is 148 Å². The molecule has 134 valence electrons. The van der Waals surface area contributed by atoms with Crippen LogP contribution in [0.25, 0.3) is 0 Å². The average molecular weight is 342 g/mol. The number of aliphatic imine (C=N–C) groups is 1. The highest BCUT2D eigenvalue weighted by atomic mass is 16.5. The molecule has 0 spiro atoms. The summed E-state index contributed by atoms with van der Waals surface area (Å²) in [5.74, 6) is 3.29. The summed E-state index contributed by atoms with van der Waals surface area (Å²) in [7, 11) is 1.95. The Morgan fingerprint density at radius 2 is 2.12 bits per heavy atom. The summed E-state index contributed by atoms with van der Waals surface area (Å²) in [6, 6.07) is 7.88. The number of hydrogen-bond donors (Lipinski definition) is 2. The normalized spacial score (nSPS) is 11.2. The predicted molar refractivity (Wildman–Crippen MR) is 99.5 cm³/mol. The van der Waals surface area contributed by atoms with Gasteiger partial charge in [-0.3, -0.25) is 0 Å². The molecule has 0 atom stereocenters.